The van der Waals surface area contributed by atoms with Crippen LogP contribution in [-0.2, 0) is 9.53 Å². The highest BCUT2D eigenvalue weighted by Crippen LogP contribution is 2.20. The first-order valence-electron chi connectivity index (χ1n) is 8.70. The summed E-state index contributed by atoms with van der Waals surface area (Å²) in [7, 11) is 0. The van der Waals surface area contributed by atoms with Crippen molar-refractivity contribution >= 4 is 29.2 Å². The minimum Gasteiger partial charge on any atom is -0.452 e. The smallest absolute Gasteiger partial charge is 0.338 e. The van der Waals surface area contributed by atoms with Crippen molar-refractivity contribution in [3.8, 4) is 11.4 Å². The number of aromatic amines is 1. The first-order valence-corrected chi connectivity index (χ1v) is 9.08. The summed E-state index contributed by atoms with van der Waals surface area (Å²) in [5.74, 6) is -0.270. The summed E-state index contributed by atoms with van der Waals surface area (Å²) in [4.78, 5) is 31.8. The second kappa shape index (κ2) is 8.27. The third-order valence-electron chi connectivity index (χ3n) is 4.31. The van der Waals surface area contributed by atoms with Gasteiger partial charge in [0.25, 0.3) is 5.91 Å². The molecule has 0 bridgehead atoms. The summed E-state index contributed by atoms with van der Waals surface area (Å²) in [5.41, 5.74) is 4.61. The van der Waals surface area contributed by atoms with Gasteiger partial charge in [0, 0.05) is 22.0 Å². The number of halogens is 1. The first kappa shape index (κ1) is 19.6. The minimum atomic E-state index is -0.574. The Bertz CT molecular complexity index is 1010. The molecular weight excluding hydrogens is 378 g/mol. The standard InChI is InChI=1S/C21H20ClN3O3/c1-12-4-9-17(10-18(12)22)25-19(26)11-28-21(27)16-7-5-15(6-8-16)20-23-13(2)14(3)24-20/h4-10H,11H2,1-3H3,(H,23,24)(H,25,26). The van der Waals surface area contributed by atoms with E-state index in [1.165, 1.54) is 0 Å². The molecule has 144 valence electrons. The number of ether oxygens (including phenoxy) is 1. The fourth-order valence-corrected chi connectivity index (χ4v) is 2.71. The molecule has 0 atom stereocenters. The number of rotatable bonds is 5. The molecule has 3 rings (SSSR count). The van der Waals surface area contributed by atoms with Gasteiger partial charge in [0.2, 0.25) is 0 Å². The third kappa shape index (κ3) is 4.58. The van der Waals surface area contributed by atoms with E-state index >= 15 is 0 Å². The minimum absolute atomic E-state index is 0.356. The average molecular weight is 398 g/mol. The van der Waals surface area contributed by atoms with E-state index in [0.29, 0.717) is 16.3 Å². The van der Waals surface area contributed by atoms with Crippen LogP contribution in [0.25, 0.3) is 11.4 Å². The molecule has 1 aromatic heterocycles. The molecule has 0 aliphatic carbocycles. The largest absolute Gasteiger partial charge is 0.452 e. The zero-order valence-corrected chi connectivity index (χ0v) is 16.6. The van der Waals surface area contributed by atoms with Gasteiger partial charge in [-0.2, -0.15) is 0 Å². The normalized spacial score (nSPS) is 10.6. The number of nitrogens with one attached hydrogen (secondary N) is 2. The molecule has 0 aliphatic rings. The number of H-pyrrole nitrogens is 1. The van der Waals surface area contributed by atoms with Crippen LogP contribution in [0.15, 0.2) is 42.5 Å². The molecule has 0 aliphatic heterocycles. The van der Waals surface area contributed by atoms with E-state index in [9.17, 15) is 9.59 Å². The number of imidazole rings is 1. The van der Waals surface area contributed by atoms with Crippen molar-refractivity contribution in [3.05, 3.63) is 70.0 Å². The summed E-state index contributed by atoms with van der Waals surface area (Å²) < 4.78 is 5.08. The number of amides is 1. The average Bonchev–Trinajstić information content (AvgIpc) is 3.01. The molecule has 0 unspecified atom stereocenters. The first-order chi connectivity index (χ1) is 13.3. The van der Waals surface area contributed by atoms with Crippen molar-refractivity contribution in [2.75, 3.05) is 11.9 Å². The molecule has 1 amide bonds. The van der Waals surface area contributed by atoms with Gasteiger partial charge >= 0.3 is 5.97 Å². The van der Waals surface area contributed by atoms with Gasteiger partial charge in [-0.05, 0) is 50.6 Å². The molecule has 0 fully saturated rings. The molecule has 0 saturated heterocycles. The topological polar surface area (TPSA) is 84.1 Å². The van der Waals surface area contributed by atoms with Gasteiger partial charge in [-0.15, -0.1) is 0 Å². The van der Waals surface area contributed by atoms with Crippen molar-refractivity contribution in [3.63, 3.8) is 0 Å². The summed E-state index contributed by atoms with van der Waals surface area (Å²) >= 11 is 6.03. The Balaban J connectivity index is 1.57. The van der Waals surface area contributed by atoms with Crippen molar-refractivity contribution < 1.29 is 14.3 Å². The van der Waals surface area contributed by atoms with Crippen LogP contribution >= 0.6 is 11.6 Å². The maximum atomic E-state index is 12.2. The second-order valence-corrected chi connectivity index (χ2v) is 6.87. The SMILES string of the molecule is Cc1ccc(NC(=O)COC(=O)c2ccc(-c3nc(C)c(C)[nH]3)cc2)cc1Cl. The van der Waals surface area contributed by atoms with Gasteiger partial charge in [-0.25, -0.2) is 9.78 Å². The Morgan fingerprint density at radius 1 is 1.11 bits per heavy atom. The van der Waals surface area contributed by atoms with Crippen molar-refractivity contribution in [1.29, 1.82) is 0 Å². The zero-order chi connectivity index (χ0) is 20.3. The van der Waals surface area contributed by atoms with E-state index in [-0.39, 0.29) is 6.61 Å². The summed E-state index contributed by atoms with van der Waals surface area (Å²) in [6.07, 6.45) is 0. The van der Waals surface area contributed by atoms with Crippen molar-refractivity contribution in [1.82, 2.24) is 9.97 Å². The predicted octanol–water partition coefficient (Wildman–Crippen LogP) is 4.45. The fraction of sp³-hybridized carbons (Fsp3) is 0.190. The maximum Gasteiger partial charge on any atom is 0.338 e. The number of benzene rings is 2. The third-order valence-corrected chi connectivity index (χ3v) is 4.72. The number of esters is 1. The monoisotopic (exact) mass is 397 g/mol. The highest BCUT2D eigenvalue weighted by atomic mass is 35.5. The van der Waals surface area contributed by atoms with Gasteiger partial charge in [0.1, 0.15) is 5.82 Å². The molecule has 7 heteroatoms. The van der Waals surface area contributed by atoms with Gasteiger partial charge in [-0.3, -0.25) is 4.79 Å². The lowest BCUT2D eigenvalue weighted by Crippen LogP contribution is -2.20. The molecule has 2 aromatic carbocycles. The molecule has 1 heterocycles. The molecule has 0 spiro atoms. The van der Waals surface area contributed by atoms with Crippen LogP contribution in [0.2, 0.25) is 5.02 Å². The van der Waals surface area contributed by atoms with Crippen molar-refractivity contribution in [2.45, 2.75) is 20.8 Å². The highest BCUT2D eigenvalue weighted by Gasteiger charge is 2.12. The summed E-state index contributed by atoms with van der Waals surface area (Å²) in [6, 6.07) is 12.0. The number of hydrogen-bond donors (Lipinski definition) is 2. The van der Waals surface area contributed by atoms with E-state index in [0.717, 1.165) is 28.3 Å². The van der Waals surface area contributed by atoms with Crippen molar-refractivity contribution in [2.24, 2.45) is 0 Å². The Hall–Kier alpha value is -3.12. The van der Waals surface area contributed by atoms with Crippen LogP contribution in [0.4, 0.5) is 5.69 Å². The van der Waals surface area contributed by atoms with Gasteiger partial charge in [0.05, 0.1) is 11.3 Å². The number of hydrogen-bond acceptors (Lipinski definition) is 4. The van der Waals surface area contributed by atoms with Crippen LogP contribution in [0.5, 0.6) is 0 Å². The Kier molecular flexibility index (Phi) is 5.80. The summed E-state index contributed by atoms with van der Waals surface area (Å²) in [5, 5.41) is 3.19. The molecule has 3 aromatic rings. The second-order valence-electron chi connectivity index (χ2n) is 6.46. The van der Waals surface area contributed by atoms with Crippen LogP contribution < -0.4 is 5.32 Å². The quantitative estimate of drug-likeness (QED) is 0.623. The van der Waals surface area contributed by atoms with E-state index < -0.39 is 11.9 Å². The van der Waals surface area contributed by atoms with Gasteiger partial charge < -0.3 is 15.0 Å². The lowest BCUT2D eigenvalue weighted by atomic mass is 10.1. The van der Waals surface area contributed by atoms with Crippen LogP contribution in [0.3, 0.4) is 0 Å². The van der Waals surface area contributed by atoms with Crippen LogP contribution in [0.1, 0.15) is 27.3 Å². The Morgan fingerprint density at radius 2 is 1.82 bits per heavy atom. The molecule has 28 heavy (non-hydrogen) atoms. The van der Waals surface area contributed by atoms with E-state index in [2.05, 4.69) is 15.3 Å². The fourth-order valence-electron chi connectivity index (χ4n) is 2.53. The number of nitrogens with zero attached hydrogens (tertiary/aromatic N) is 1. The number of carbonyl (C=O) groups excluding carboxylic acids is 2. The van der Waals surface area contributed by atoms with Crippen LogP contribution in [0, 0.1) is 20.8 Å². The molecule has 6 nitrogen and oxygen atoms in total. The molecule has 0 radical (unpaired) electrons. The highest BCUT2D eigenvalue weighted by molar-refractivity contribution is 6.31. The number of aromatic nitrogens is 2. The zero-order valence-electron chi connectivity index (χ0n) is 15.8. The number of anilines is 1. The Morgan fingerprint density at radius 3 is 2.43 bits per heavy atom. The lowest BCUT2D eigenvalue weighted by Gasteiger charge is -2.08. The van der Waals surface area contributed by atoms with Gasteiger partial charge in [-0.1, -0.05) is 29.8 Å². The van der Waals surface area contributed by atoms with E-state index in [1.807, 2.05) is 20.8 Å². The summed E-state index contributed by atoms with van der Waals surface area (Å²) in [6.45, 7) is 5.36. The molecule has 0 saturated carbocycles. The predicted molar refractivity (Wildman–Crippen MR) is 109 cm³/mol. The van der Waals surface area contributed by atoms with Gasteiger partial charge in [0.15, 0.2) is 6.61 Å². The van der Waals surface area contributed by atoms with E-state index in [4.69, 9.17) is 16.3 Å². The lowest BCUT2D eigenvalue weighted by molar-refractivity contribution is -0.119. The maximum absolute atomic E-state index is 12.2. The Labute approximate surface area is 167 Å². The number of aryl methyl sites for hydroxylation is 3. The van der Waals surface area contributed by atoms with Crippen LogP contribution in [-0.4, -0.2) is 28.5 Å². The van der Waals surface area contributed by atoms with E-state index in [1.54, 1.807) is 42.5 Å². The molecule has 2 N–H and O–H groups in total. The number of carbonyl (C=O) groups is 2. The molecular formula is C21H20ClN3O3.